The van der Waals surface area contributed by atoms with Gasteiger partial charge in [-0.1, -0.05) is 6.92 Å². The lowest BCUT2D eigenvalue weighted by molar-refractivity contribution is -0.103. The van der Waals surface area contributed by atoms with E-state index in [2.05, 4.69) is 6.92 Å². The third kappa shape index (κ3) is 3.53. The van der Waals surface area contributed by atoms with E-state index in [1.54, 1.807) is 7.11 Å². The number of rotatable bonds is 5. The van der Waals surface area contributed by atoms with Crippen LogP contribution >= 0.6 is 0 Å². The Kier molecular flexibility index (Phi) is 5.40. The third-order valence-corrected chi connectivity index (χ3v) is 2.71. The molecular weight excluding hydrogens is 182 g/mol. The topological polar surface area (TPSA) is 53.7 Å². The average Bonchev–Trinajstić information content (AvgIpc) is 2.26. The fourth-order valence-corrected chi connectivity index (χ4v) is 1.59. The second-order valence-electron chi connectivity index (χ2n) is 3.82. The fourth-order valence-electron chi connectivity index (χ4n) is 1.59. The van der Waals surface area contributed by atoms with Gasteiger partial charge < -0.3 is 19.9 Å². The Hall–Kier alpha value is -0.160. The summed E-state index contributed by atoms with van der Waals surface area (Å²) in [6.45, 7) is 4.85. The molecule has 1 saturated heterocycles. The monoisotopic (exact) mass is 203 g/mol. The highest BCUT2D eigenvalue weighted by molar-refractivity contribution is 4.79. The molecule has 1 aliphatic heterocycles. The smallest absolute Gasteiger partial charge is 0.0962 e. The minimum absolute atomic E-state index is 0.0467. The molecule has 3 atom stereocenters. The van der Waals surface area contributed by atoms with E-state index in [-0.39, 0.29) is 12.1 Å². The van der Waals surface area contributed by atoms with Crippen LogP contribution in [0, 0.1) is 5.92 Å². The van der Waals surface area contributed by atoms with Crippen molar-refractivity contribution >= 4 is 0 Å². The summed E-state index contributed by atoms with van der Waals surface area (Å²) in [4.78, 5) is 0. The van der Waals surface area contributed by atoms with Crippen LogP contribution in [0.1, 0.15) is 13.3 Å². The number of hydrogen-bond donors (Lipinski definition) is 1. The zero-order valence-electron chi connectivity index (χ0n) is 9.07. The van der Waals surface area contributed by atoms with Gasteiger partial charge in [0.15, 0.2) is 0 Å². The van der Waals surface area contributed by atoms with E-state index in [0.29, 0.717) is 25.7 Å². The summed E-state index contributed by atoms with van der Waals surface area (Å²) < 4.78 is 15.9. The van der Waals surface area contributed by atoms with Crippen molar-refractivity contribution in [1.29, 1.82) is 0 Å². The molecule has 0 bridgehead atoms. The first-order chi connectivity index (χ1) is 6.75. The molecule has 0 radical (unpaired) electrons. The Labute approximate surface area is 85.7 Å². The maximum absolute atomic E-state index is 6.07. The second-order valence-corrected chi connectivity index (χ2v) is 3.82. The van der Waals surface area contributed by atoms with E-state index < -0.39 is 0 Å². The molecule has 4 nitrogen and oxygen atoms in total. The molecular formula is C10H21NO3. The van der Waals surface area contributed by atoms with E-state index in [9.17, 15) is 0 Å². The Morgan fingerprint density at radius 1 is 1.50 bits per heavy atom. The summed E-state index contributed by atoms with van der Waals surface area (Å²) >= 11 is 0. The summed E-state index contributed by atoms with van der Waals surface area (Å²) in [5.41, 5.74) is 6.07. The third-order valence-electron chi connectivity index (χ3n) is 2.71. The number of methoxy groups -OCH3 is 1. The van der Waals surface area contributed by atoms with Gasteiger partial charge in [-0.25, -0.2) is 0 Å². The van der Waals surface area contributed by atoms with Crippen molar-refractivity contribution in [3.8, 4) is 0 Å². The molecule has 0 amide bonds. The lowest BCUT2D eigenvalue weighted by Crippen LogP contribution is -2.47. The van der Waals surface area contributed by atoms with Crippen LogP contribution in [0.25, 0.3) is 0 Å². The number of nitrogens with two attached hydrogens (primary N) is 1. The van der Waals surface area contributed by atoms with Crippen molar-refractivity contribution in [1.82, 2.24) is 0 Å². The van der Waals surface area contributed by atoms with Crippen molar-refractivity contribution in [2.75, 3.05) is 33.5 Å². The van der Waals surface area contributed by atoms with Gasteiger partial charge >= 0.3 is 0 Å². The van der Waals surface area contributed by atoms with E-state index >= 15 is 0 Å². The largest absolute Gasteiger partial charge is 0.385 e. The molecule has 0 aromatic rings. The van der Waals surface area contributed by atoms with Crippen LogP contribution in [-0.4, -0.2) is 45.7 Å². The van der Waals surface area contributed by atoms with E-state index in [4.69, 9.17) is 19.9 Å². The van der Waals surface area contributed by atoms with Gasteiger partial charge in [-0.2, -0.15) is 0 Å². The van der Waals surface area contributed by atoms with Crippen LogP contribution in [0.15, 0.2) is 0 Å². The van der Waals surface area contributed by atoms with Crippen LogP contribution in [-0.2, 0) is 14.2 Å². The van der Waals surface area contributed by atoms with Gasteiger partial charge in [-0.3, -0.25) is 0 Å². The molecule has 1 aliphatic rings. The summed E-state index contributed by atoms with van der Waals surface area (Å²) in [5.74, 6) is 0.404. The van der Waals surface area contributed by atoms with Crippen LogP contribution in [0.2, 0.25) is 0 Å². The molecule has 1 rings (SSSR count). The molecule has 0 saturated carbocycles. The predicted octanol–water partition coefficient (Wildman–Crippen LogP) is 0.402. The summed E-state index contributed by atoms with van der Waals surface area (Å²) in [5, 5.41) is 0. The van der Waals surface area contributed by atoms with Gasteiger partial charge in [0, 0.05) is 19.8 Å². The highest BCUT2D eigenvalue weighted by Crippen LogP contribution is 2.14. The minimum Gasteiger partial charge on any atom is -0.385 e. The molecule has 0 spiro atoms. The number of ether oxygens (including phenoxy) is 3. The summed E-state index contributed by atoms with van der Waals surface area (Å²) in [7, 11) is 1.71. The first kappa shape index (κ1) is 11.9. The predicted molar refractivity (Wildman–Crippen MR) is 54.2 cm³/mol. The quantitative estimate of drug-likeness (QED) is 0.703. The molecule has 0 aliphatic carbocycles. The van der Waals surface area contributed by atoms with E-state index in [1.165, 1.54) is 0 Å². The molecule has 0 aromatic heterocycles. The van der Waals surface area contributed by atoms with Crippen LogP contribution in [0.4, 0.5) is 0 Å². The average molecular weight is 203 g/mol. The van der Waals surface area contributed by atoms with Gasteiger partial charge in [-0.15, -0.1) is 0 Å². The van der Waals surface area contributed by atoms with Crippen LogP contribution < -0.4 is 5.73 Å². The normalized spacial score (nSPS) is 27.2. The van der Waals surface area contributed by atoms with Gasteiger partial charge in [0.25, 0.3) is 0 Å². The SMILES string of the molecule is COCCC(C)C(N)C1COCCO1. The zero-order chi connectivity index (χ0) is 10.4. The number of hydrogen-bond acceptors (Lipinski definition) is 4. The zero-order valence-corrected chi connectivity index (χ0v) is 9.07. The van der Waals surface area contributed by atoms with Crippen molar-refractivity contribution in [2.24, 2.45) is 11.7 Å². The van der Waals surface area contributed by atoms with E-state index in [0.717, 1.165) is 13.0 Å². The first-order valence-electron chi connectivity index (χ1n) is 5.19. The van der Waals surface area contributed by atoms with Crippen molar-refractivity contribution in [2.45, 2.75) is 25.5 Å². The molecule has 2 N–H and O–H groups in total. The van der Waals surface area contributed by atoms with Gasteiger partial charge in [0.2, 0.25) is 0 Å². The Morgan fingerprint density at radius 2 is 2.29 bits per heavy atom. The van der Waals surface area contributed by atoms with Gasteiger partial charge in [0.1, 0.15) is 0 Å². The summed E-state index contributed by atoms with van der Waals surface area (Å²) in [6.07, 6.45) is 1.02. The van der Waals surface area contributed by atoms with Gasteiger partial charge in [-0.05, 0) is 12.3 Å². The van der Waals surface area contributed by atoms with Gasteiger partial charge in [0.05, 0.1) is 25.9 Å². The molecule has 0 aromatic carbocycles. The van der Waals surface area contributed by atoms with Crippen LogP contribution in [0.3, 0.4) is 0 Å². The Balaban J connectivity index is 2.26. The standard InChI is InChI=1S/C10H21NO3/c1-8(3-4-12-2)10(11)9-7-13-5-6-14-9/h8-10H,3-7,11H2,1-2H3. The molecule has 84 valence electrons. The maximum atomic E-state index is 6.07. The van der Waals surface area contributed by atoms with Crippen molar-refractivity contribution < 1.29 is 14.2 Å². The molecule has 3 unspecified atom stereocenters. The van der Waals surface area contributed by atoms with Crippen molar-refractivity contribution in [3.05, 3.63) is 0 Å². The fraction of sp³-hybridized carbons (Fsp3) is 1.00. The maximum Gasteiger partial charge on any atom is 0.0962 e. The molecule has 14 heavy (non-hydrogen) atoms. The lowest BCUT2D eigenvalue weighted by Gasteiger charge is -2.31. The second kappa shape index (κ2) is 6.35. The lowest BCUT2D eigenvalue weighted by atomic mass is 9.95. The Bertz CT molecular complexity index is 148. The summed E-state index contributed by atoms with van der Waals surface area (Å²) in [6, 6.07) is 0.0467. The van der Waals surface area contributed by atoms with Crippen molar-refractivity contribution in [3.63, 3.8) is 0 Å². The highest BCUT2D eigenvalue weighted by atomic mass is 16.6. The van der Waals surface area contributed by atoms with E-state index in [1.807, 2.05) is 0 Å². The molecule has 4 heteroatoms. The minimum atomic E-state index is 0.0467. The highest BCUT2D eigenvalue weighted by Gasteiger charge is 2.26. The molecule has 1 fully saturated rings. The Morgan fingerprint density at radius 3 is 2.86 bits per heavy atom. The first-order valence-corrected chi connectivity index (χ1v) is 5.19. The molecule has 1 heterocycles. The van der Waals surface area contributed by atoms with Crippen LogP contribution in [0.5, 0.6) is 0 Å².